The molecule has 2 aliphatic heterocycles. The summed E-state index contributed by atoms with van der Waals surface area (Å²) in [5.41, 5.74) is 0. The number of nitrogens with one attached hydrogen (secondary N) is 1. The van der Waals surface area contributed by atoms with Crippen LogP contribution in [0.2, 0.25) is 0 Å². The number of β-lactam (4-membered cyclic amide) rings is 1. The zero-order valence-corrected chi connectivity index (χ0v) is 10.1. The Morgan fingerprint density at radius 1 is 1.71 bits per heavy atom. The predicted octanol–water partition coefficient (Wildman–Crippen LogP) is -1.39. The summed E-state index contributed by atoms with van der Waals surface area (Å²) in [5.74, 6) is -1.63. The highest BCUT2D eigenvalue weighted by Gasteiger charge is 2.77. The van der Waals surface area contributed by atoms with Gasteiger partial charge in [-0.05, 0) is 13.8 Å². The number of aliphatic carboxylic acids is 1. The first-order chi connectivity index (χ1) is 7.79. The maximum atomic E-state index is 12.3. The Labute approximate surface area is 100 Å². The van der Waals surface area contributed by atoms with Crippen molar-refractivity contribution in [2.24, 2.45) is 0 Å². The first-order valence-corrected chi connectivity index (χ1v) is 6.12. The molecular formula is C9H12N2O5S. The molecule has 0 radical (unpaired) electrons. The van der Waals surface area contributed by atoms with E-state index in [0.717, 1.165) is 4.90 Å². The lowest BCUT2D eigenvalue weighted by molar-refractivity contribution is -0.165. The maximum Gasteiger partial charge on any atom is 0.332 e. The van der Waals surface area contributed by atoms with Crippen LogP contribution < -0.4 is 5.32 Å². The second kappa shape index (κ2) is 3.36. The molecule has 0 aromatic carbocycles. The van der Waals surface area contributed by atoms with Gasteiger partial charge in [-0.3, -0.25) is 19.8 Å². The zero-order chi connectivity index (χ0) is 13.0. The lowest BCUT2D eigenvalue weighted by Gasteiger charge is -2.44. The van der Waals surface area contributed by atoms with E-state index >= 15 is 0 Å². The summed E-state index contributed by atoms with van der Waals surface area (Å²) >= 11 is -1.67. The highest BCUT2D eigenvalue weighted by molar-refractivity contribution is 7.94. The fourth-order valence-electron chi connectivity index (χ4n) is 2.51. The van der Waals surface area contributed by atoms with Crippen molar-refractivity contribution in [3.05, 3.63) is 0 Å². The Hall–Kier alpha value is -1.28. The standard InChI is InChI=1S/C9H12N2O5S/c1-8(2)6(7(14)15)11-5(13)3-9(11,10-4-12)17(8)16/h4,6H,3H2,1-2H3,(H,10,12)(H,14,15)/t6-,9?,17?/m0/s1. The Bertz CT molecular complexity index is 408. The van der Waals surface area contributed by atoms with Gasteiger partial charge in [-0.2, -0.15) is 0 Å². The average Bonchev–Trinajstić information content (AvgIpc) is 2.34. The number of amides is 2. The summed E-state index contributed by atoms with van der Waals surface area (Å²) in [5, 5.41) is 11.5. The highest BCUT2D eigenvalue weighted by Crippen LogP contribution is 2.51. The van der Waals surface area contributed by atoms with E-state index in [1.165, 1.54) is 13.8 Å². The molecule has 3 atom stereocenters. The van der Waals surface area contributed by atoms with Crippen LogP contribution in [0.1, 0.15) is 20.3 Å². The fraction of sp³-hybridized carbons (Fsp3) is 0.667. The number of carboxylic acids is 1. The third kappa shape index (κ3) is 1.25. The molecule has 0 bridgehead atoms. The van der Waals surface area contributed by atoms with E-state index < -0.39 is 38.8 Å². The number of carboxylic acid groups (broad SMARTS) is 1. The van der Waals surface area contributed by atoms with Crippen LogP contribution in [0.25, 0.3) is 0 Å². The molecule has 2 saturated heterocycles. The number of nitrogens with zero attached hydrogens (tertiary/aromatic N) is 1. The molecule has 0 spiro atoms. The summed E-state index contributed by atoms with van der Waals surface area (Å²) in [7, 11) is 0. The van der Waals surface area contributed by atoms with Gasteiger partial charge in [-0.25, -0.2) is 4.79 Å². The number of carbonyl (C=O) groups excluding carboxylic acids is 2. The van der Waals surface area contributed by atoms with E-state index in [1.807, 2.05) is 0 Å². The van der Waals surface area contributed by atoms with E-state index in [0.29, 0.717) is 6.41 Å². The number of carbonyl (C=O) groups is 3. The van der Waals surface area contributed by atoms with Gasteiger partial charge < -0.3 is 9.66 Å². The molecule has 0 saturated carbocycles. The van der Waals surface area contributed by atoms with Gasteiger partial charge >= 0.3 is 5.97 Å². The topological polar surface area (TPSA) is 110 Å². The Balaban J connectivity index is 2.48. The second-order valence-electron chi connectivity index (χ2n) is 4.60. The van der Waals surface area contributed by atoms with Gasteiger partial charge in [0.25, 0.3) is 4.99 Å². The van der Waals surface area contributed by atoms with Crippen LogP contribution in [0.5, 0.6) is 0 Å². The molecule has 0 aromatic heterocycles. The summed E-state index contributed by atoms with van der Waals surface area (Å²) < 4.78 is 11.2. The molecule has 0 aromatic rings. The zero-order valence-electron chi connectivity index (χ0n) is 9.30. The third-order valence-corrected chi connectivity index (χ3v) is 5.52. The molecule has 0 aliphatic carbocycles. The number of hydrogen-bond acceptors (Lipinski definition) is 4. The van der Waals surface area contributed by atoms with Crippen molar-refractivity contribution >= 4 is 29.5 Å². The monoisotopic (exact) mass is 260 g/mol. The Morgan fingerprint density at radius 3 is 2.71 bits per heavy atom. The van der Waals surface area contributed by atoms with Crippen molar-refractivity contribution in [3.63, 3.8) is 0 Å². The van der Waals surface area contributed by atoms with Gasteiger partial charge in [0, 0.05) is 11.2 Å². The Morgan fingerprint density at radius 2 is 2.29 bits per heavy atom. The molecule has 2 aliphatic rings. The molecule has 2 fully saturated rings. The van der Waals surface area contributed by atoms with Crippen LogP contribution in [-0.2, 0) is 25.6 Å². The summed E-state index contributed by atoms with van der Waals surface area (Å²) in [6.07, 6.45) is 0.225. The van der Waals surface area contributed by atoms with Crippen molar-refractivity contribution in [2.45, 2.75) is 36.1 Å². The van der Waals surface area contributed by atoms with Crippen LogP contribution in [0, 0.1) is 0 Å². The minimum Gasteiger partial charge on any atom is -0.613 e. The minimum absolute atomic E-state index is 0.119. The smallest absolute Gasteiger partial charge is 0.332 e. The molecule has 2 heterocycles. The van der Waals surface area contributed by atoms with Crippen molar-refractivity contribution in [1.82, 2.24) is 10.2 Å². The maximum absolute atomic E-state index is 12.3. The quantitative estimate of drug-likeness (QED) is 0.369. The third-order valence-electron chi connectivity index (χ3n) is 3.27. The molecule has 2 unspecified atom stereocenters. The minimum atomic E-state index is -1.67. The van der Waals surface area contributed by atoms with Crippen molar-refractivity contribution in [2.75, 3.05) is 0 Å². The van der Waals surface area contributed by atoms with E-state index in [2.05, 4.69) is 5.32 Å². The predicted molar refractivity (Wildman–Crippen MR) is 57.0 cm³/mol. The fourth-order valence-corrected chi connectivity index (χ4v) is 4.59. The summed E-state index contributed by atoms with van der Waals surface area (Å²) in [6.45, 7) is 3.03. The molecule has 7 nitrogen and oxygen atoms in total. The normalized spacial score (nSPS) is 38.3. The average molecular weight is 260 g/mol. The number of fused-ring (bicyclic) bond motifs is 1. The summed E-state index contributed by atoms with van der Waals surface area (Å²) in [4.78, 5) is 32.9. The highest BCUT2D eigenvalue weighted by atomic mass is 32.2. The van der Waals surface area contributed by atoms with Crippen LogP contribution >= 0.6 is 0 Å². The SMILES string of the molecule is CC1(C)[C@H](C(=O)O)N2C(=O)CC2(NC=O)[S+]1[O-]. The molecular weight excluding hydrogens is 248 g/mol. The van der Waals surface area contributed by atoms with Crippen LogP contribution in [0.15, 0.2) is 0 Å². The van der Waals surface area contributed by atoms with Crippen LogP contribution in [0.3, 0.4) is 0 Å². The lowest BCUT2D eigenvalue weighted by atomic mass is 9.96. The lowest BCUT2D eigenvalue weighted by Crippen LogP contribution is -2.72. The van der Waals surface area contributed by atoms with Crippen molar-refractivity contribution < 1.29 is 24.0 Å². The van der Waals surface area contributed by atoms with Gasteiger partial charge in [-0.1, -0.05) is 0 Å². The van der Waals surface area contributed by atoms with Gasteiger partial charge in [-0.15, -0.1) is 0 Å². The largest absolute Gasteiger partial charge is 0.613 e. The van der Waals surface area contributed by atoms with Crippen LogP contribution in [0.4, 0.5) is 0 Å². The van der Waals surface area contributed by atoms with Crippen LogP contribution in [-0.4, -0.2) is 48.6 Å². The summed E-state index contributed by atoms with van der Waals surface area (Å²) in [6, 6.07) is -1.18. The number of rotatable bonds is 3. The second-order valence-corrected chi connectivity index (χ2v) is 6.87. The molecule has 2 amide bonds. The van der Waals surface area contributed by atoms with Crippen molar-refractivity contribution in [1.29, 1.82) is 0 Å². The first-order valence-electron chi connectivity index (χ1n) is 4.97. The molecule has 94 valence electrons. The van der Waals surface area contributed by atoms with Crippen molar-refractivity contribution in [3.8, 4) is 0 Å². The van der Waals surface area contributed by atoms with E-state index in [4.69, 9.17) is 5.11 Å². The Kier molecular flexibility index (Phi) is 2.41. The van der Waals surface area contributed by atoms with Gasteiger partial charge in [0.1, 0.15) is 6.42 Å². The van der Waals surface area contributed by atoms with Gasteiger partial charge in [0.15, 0.2) is 10.8 Å². The molecule has 2 rings (SSSR count). The van der Waals surface area contributed by atoms with E-state index in [1.54, 1.807) is 0 Å². The molecule has 17 heavy (non-hydrogen) atoms. The molecule has 8 heteroatoms. The van der Waals surface area contributed by atoms with Gasteiger partial charge in [0.05, 0.1) is 0 Å². The van der Waals surface area contributed by atoms with E-state index in [9.17, 15) is 18.9 Å². The number of hydrogen-bond donors (Lipinski definition) is 2. The van der Waals surface area contributed by atoms with Gasteiger partial charge in [0.2, 0.25) is 12.3 Å². The molecule has 2 N–H and O–H groups in total. The van der Waals surface area contributed by atoms with E-state index in [-0.39, 0.29) is 6.42 Å². The first kappa shape index (κ1) is 12.2.